The number of hydrogen-bond donors (Lipinski definition) is 2. The Morgan fingerprint density at radius 1 is 1.15 bits per heavy atom. The summed E-state index contributed by atoms with van der Waals surface area (Å²) in [5.41, 5.74) is 7.24. The third kappa shape index (κ3) is 7.29. The normalized spacial score (nSPS) is 15.4. The number of carbonyl (C=O) groups is 2. The Morgan fingerprint density at radius 2 is 1.93 bits per heavy atom. The predicted molar refractivity (Wildman–Crippen MR) is 147 cm³/mol. The minimum absolute atomic E-state index is 0.0773. The molecule has 1 atom stereocenters. The van der Waals surface area contributed by atoms with E-state index in [1.54, 1.807) is 30.5 Å². The number of aryl methyl sites for hydroxylation is 1. The van der Waals surface area contributed by atoms with E-state index in [9.17, 15) is 22.8 Å². The number of alkyl halides is 3. The van der Waals surface area contributed by atoms with E-state index in [0.29, 0.717) is 41.7 Å². The van der Waals surface area contributed by atoms with E-state index in [1.165, 1.54) is 12.3 Å². The number of benzene rings is 2. The molecule has 1 aliphatic rings. The van der Waals surface area contributed by atoms with Crippen LogP contribution in [0.15, 0.2) is 54.9 Å². The number of carbonyl (C=O) groups excluding carboxylic acids is 2. The van der Waals surface area contributed by atoms with Gasteiger partial charge in [0.15, 0.2) is 6.61 Å². The van der Waals surface area contributed by atoms with Crippen LogP contribution in [0.25, 0.3) is 11.1 Å². The molecule has 1 fully saturated rings. The number of hydrogen-bond acceptors (Lipinski definition) is 6. The van der Waals surface area contributed by atoms with Crippen molar-refractivity contribution in [3.8, 4) is 16.9 Å². The summed E-state index contributed by atoms with van der Waals surface area (Å²) in [4.78, 5) is 32.4. The maximum atomic E-state index is 13.8. The lowest BCUT2D eigenvalue weighted by atomic mass is 10.0. The summed E-state index contributed by atoms with van der Waals surface area (Å²) in [6.45, 7) is 3.66. The lowest BCUT2D eigenvalue weighted by Crippen LogP contribution is -2.26. The van der Waals surface area contributed by atoms with Gasteiger partial charge in [-0.05, 0) is 80.9 Å². The second-order valence-corrected chi connectivity index (χ2v) is 10.3. The van der Waals surface area contributed by atoms with Crippen molar-refractivity contribution in [3.05, 3.63) is 71.5 Å². The zero-order valence-electron chi connectivity index (χ0n) is 22.6. The van der Waals surface area contributed by atoms with Crippen LogP contribution in [-0.2, 0) is 11.0 Å². The molecule has 0 aliphatic carbocycles. The molecule has 1 saturated heterocycles. The molecule has 3 aromatic rings. The van der Waals surface area contributed by atoms with Gasteiger partial charge in [-0.15, -0.1) is 0 Å². The number of aromatic nitrogens is 1. The number of ether oxygens (including phenoxy) is 1. The number of primary amides is 1. The lowest BCUT2D eigenvalue weighted by Gasteiger charge is -2.22. The van der Waals surface area contributed by atoms with Crippen molar-refractivity contribution in [3.63, 3.8) is 0 Å². The van der Waals surface area contributed by atoms with Crippen molar-refractivity contribution in [2.75, 3.05) is 50.6 Å². The van der Waals surface area contributed by atoms with Gasteiger partial charge in [0.1, 0.15) is 5.75 Å². The molecular formula is C29H32F3N5O3. The van der Waals surface area contributed by atoms with E-state index in [0.717, 1.165) is 36.2 Å². The van der Waals surface area contributed by atoms with Gasteiger partial charge < -0.3 is 25.6 Å². The first kappa shape index (κ1) is 28.9. The molecule has 11 heteroatoms. The van der Waals surface area contributed by atoms with Crippen LogP contribution >= 0.6 is 0 Å². The first-order chi connectivity index (χ1) is 18.9. The molecule has 0 bridgehead atoms. The van der Waals surface area contributed by atoms with Crippen LogP contribution in [0.5, 0.6) is 5.75 Å². The van der Waals surface area contributed by atoms with Gasteiger partial charge in [-0.25, -0.2) is 0 Å². The van der Waals surface area contributed by atoms with Gasteiger partial charge in [0, 0.05) is 48.3 Å². The van der Waals surface area contributed by atoms with Crippen molar-refractivity contribution in [2.24, 2.45) is 11.7 Å². The first-order valence-electron chi connectivity index (χ1n) is 12.8. The molecule has 0 saturated carbocycles. The number of amides is 2. The van der Waals surface area contributed by atoms with Crippen LogP contribution in [0, 0.1) is 12.8 Å². The van der Waals surface area contributed by atoms with Gasteiger partial charge >= 0.3 is 6.18 Å². The molecule has 3 N–H and O–H groups in total. The SMILES string of the molecule is Cc1ccc(NC(=O)c2cc(N3CC[C@H](CN(C)C)C3)cc(C(F)(F)F)c2)cc1-c1cncc(OCC(N)=O)c1. The van der Waals surface area contributed by atoms with E-state index < -0.39 is 23.6 Å². The topological polar surface area (TPSA) is 101 Å². The smallest absolute Gasteiger partial charge is 0.416 e. The number of nitrogens with zero attached hydrogens (tertiary/aromatic N) is 3. The van der Waals surface area contributed by atoms with Crippen LogP contribution in [-0.4, -0.2) is 62.0 Å². The molecule has 8 nitrogen and oxygen atoms in total. The maximum Gasteiger partial charge on any atom is 0.416 e. The molecule has 0 spiro atoms. The fraction of sp³-hybridized carbons (Fsp3) is 0.345. The summed E-state index contributed by atoms with van der Waals surface area (Å²) in [5.74, 6) is -0.594. The van der Waals surface area contributed by atoms with E-state index in [4.69, 9.17) is 10.5 Å². The fourth-order valence-corrected chi connectivity index (χ4v) is 4.83. The molecule has 1 aromatic heterocycles. The Bertz CT molecular complexity index is 1390. The van der Waals surface area contributed by atoms with Crippen molar-refractivity contribution >= 4 is 23.2 Å². The van der Waals surface area contributed by atoms with Crippen LogP contribution in [0.3, 0.4) is 0 Å². The van der Waals surface area contributed by atoms with Gasteiger partial charge in [0.05, 0.1) is 11.8 Å². The monoisotopic (exact) mass is 555 g/mol. The molecular weight excluding hydrogens is 523 g/mol. The van der Waals surface area contributed by atoms with E-state index in [1.807, 2.05) is 25.9 Å². The third-order valence-corrected chi connectivity index (χ3v) is 6.68. The van der Waals surface area contributed by atoms with Gasteiger partial charge in [-0.3, -0.25) is 14.6 Å². The molecule has 0 radical (unpaired) electrons. The summed E-state index contributed by atoms with van der Waals surface area (Å²) < 4.78 is 46.7. The predicted octanol–water partition coefficient (Wildman–Crippen LogP) is 4.58. The van der Waals surface area contributed by atoms with Crippen molar-refractivity contribution in [1.82, 2.24) is 9.88 Å². The van der Waals surface area contributed by atoms with Crippen molar-refractivity contribution in [2.45, 2.75) is 19.5 Å². The molecule has 212 valence electrons. The number of anilines is 2. The highest BCUT2D eigenvalue weighted by atomic mass is 19.4. The molecule has 2 aromatic carbocycles. The molecule has 2 heterocycles. The highest BCUT2D eigenvalue weighted by molar-refractivity contribution is 6.05. The number of halogens is 3. The van der Waals surface area contributed by atoms with E-state index >= 15 is 0 Å². The second-order valence-electron chi connectivity index (χ2n) is 10.3. The molecule has 40 heavy (non-hydrogen) atoms. The molecule has 2 amide bonds. The second kappa shape index (κ2) is 12.0. The standard InChI is InChI=1S/C29H32F3N5O3/c1-18-4-5-23(12-26(18)21-10-25(14-34-13-21)40-17-27(33)38)35-28(39)20-8-22(29(30,31)32)11-24(9-20)37-7-6-19(16-37)15-36(2)3/h4-5,8-14,19H,6-7,15-17H2,1-3H3,(H2,33,38)(H,35,39)/t19-/m1/s1. The largest absolute Gasteiger partial charge is 0.482 e. The fourth-order valence-electron chi connectivity index (χ4n) is 4.83. The first-order valence-corrected chi connectivity index (χ1v) is 12.8. The summed E-state index contributed by atoms with van der Waals surface area (Å²) in [6, 6.07) is 10.4. The summed E-state index contributed by atoms with van der Waals surface area (Å²) in [5, 5.41) is 2.74. The van der Waals surface area contributed by atoms with Crippen molar-refractivity contribution < 1.29 is 27.5 Å². The Labute approximate surface area is 230 Å². The zero-order chi connectivity index (χ0) is 29.0. The average molecular weight is 556 g/mol. The average Bonchev–Trinajstić information content (AvgIpc) is 3.36. The number of rotatable bonds is 9. The van der Waals surface area contributed by atoms with Crippen molar-refractivity contribution in [1.29, 1.82) is 0 Å². The minimum Gasteiger partial charge on any atom is -0.482 e. The maximum absolute atomic E-state index is 13.8. The lowest BCUT2D eigenvalue weighted by molar-refractivity contribution is -0.137. The minimum atomic E-state index is -4.60. The highest BCUT2D eigenvalue weighted by Gasteiger charge is 2.33. The van der Waals surface area contributed by atoms with Crippen LogP contribution in [0.1, 0.15) is 27.9 Å². The Morgan fingerprint density at radius 3 is 2.62 bits per heavy atom. The Hall–Kier alpha value is -4.12. The van der Waals surface area contributed by atoms with Crippen LogP contribution in [0.2, 0.25) is 0 Å². The van der Waals surface area contributed by atoms with Gasteiger partial charge in [-0.2, -0.15) is 13.2 Å². The third-order valence-electron chi connectivity index (χ3n) is 6.68. The molecule has 0 unspecified atom stereocenters. The van der Waals surface area contributed by atoms with Gasteiger partial charge in [-0.1, -0.05) is 6.07 Å². The van der Waals surface area contributed by atoms with E-state index in [2.05, 4.69) is 15.2 Å². The Balaban J connectivity index is 1.59. The van der Waals surface area contributed by atoms with Gasteiger partial charge in [0.25, 0.3) is 11.8 Å². The highest BCUT2D eigenvalue weighted by Crippen LogP contribution is 2.35. The van der Waals surface area contributed by atoms with Gasteiger partial charge in [0.2, 0.25) is 0 Å². The summed E-state index contributed by atoms with van der Waals surface area (Å²) >= 11 is 0. The van der Waals surface area contributed by atoms with Crippen LogP contribution in [0.4, 0.5) is 24.5 Å². The zero-order valence-corrected chi connectivity index (χ0v) is 22.6. The summed E-state index contributed by atoms with van der Waals surface area (Å²) in [7, 11) is 3.94. The quantitative estimate of drug-likeness (QED) is 0.401. The summed E-state index contributed by atoms with van der Waals surface area (Å²) in [6.07, 6.45) is -0.684. The number of pyridine rings is 1. The van der Waals surface area contributed by atoms with Crippen LogP contribution < -0.4 is 20.7 Å². The Kier molecular flexibility index (Phi) is 8.63. The number of nitrogens with one attached hydrogen (secondary N) is 1. The molecule has 1 aliphatic heterocycles. The number of nitrogens with two attached hydrogens (primary N) is 1. The van der Waals surface area contributed by atoms with E-state index in [-0.39, 0.29) is 12.2 Å². The molecule has 4 rings (SSSR count).